The highest BCUT2D eigenvalue weighted by Gasteiger charge is 2.20. The van der Waals surface area contributed by atoms with E-state index in [0.29, 0.717) is 6.04 Å². The van der Waals surface area contributed by atoms with Gasteiger partial charge >= 0.3 is 0 Å². The van der Waals surface area contributed by atoms with Crippen LogP contribution < -0.4 is 10.2 Å². The molecule has 0 amide bonds. The minimum absolute atomic E-state index is 0.154. The number of benzene rings is 1. The van der Waals surface area contributed by atoms with E-state index in [1.165, 1.54) is 6.07 Å². The van der Waals surface area contributed by atoms with Crippen molar-refractivity contribution < 1.29 is 4.39 Å². The van der Waals surface area contributed by atoms with Crippen molar-refractivity contribution in [1.82, 2.24) is 10.2 Å². The molecule has 1 aromatic rings. The fourth-order valence-electron chi connectivity index (χ4n) is 2.52. The quantitative estimate of drug-likeness (QED) is 0.876. The number of anilines is 1. The van der Waals surface area contributed by atoms with E-state index in [1.807, 2.05) is 13.1 Å². The molecular weight excluding hydrogens is 229 g/mol. The third-order valence-corrected chi connectivity index (χ3v) is 3.61. The highest BCUT2D eigenvalue weighted by atomic mass is 19.1. The number of hydrogen-bond donors (Lipinski definition) is 1. The first-order chi connectivity index (χ1) is 8.70. The van der Waals surface area contributed by atoms with Gasteiger partial charge in [-0.1, -0.05) is 6.07 Å². The summed E-state index contributed by atoms with van der Waals surface area (Å²) in [6, 6.07) is 7.43. The van der Waals surface area contributed by atoms with Gasteiger partial charge in [-0.05, 0) is 32.2 Å². The standard InChI is InChI=1S/C14H22FN3/c1-12(11-16-2)17-6-8-18(9-7-17)14-5-3-4-13(15)10-14/h3-5,10,12,16H,6-9,11H2,1-2H3. The smallest absolute Gasteiger partial charge is 0.125 e. The molecule has 1 aliphatic heterocycles. The lowest BCUT2D eigenvalue weighted by Gasteiger charge is -2.39. The Bertz CT molecular complexity index is 375. The van der Waals surface area contributed by atoms with Crippen LogP contribution in [0.5, 0.6) is 0 Å². The van der Waals surface area contributed by atoms with Gasteiger partial charge in [0.2, 0.25) is 0 Å². The van der Waals surface area contributed by atoms with Crippen LogP contribution in [0.2, 0.25) is 0 Å². The Morgan fingerprint density at radius 1 is 1.28 bits per heavy atom. The second kappa shape index (κ2) is 6.16. The van der Waals surface area contributed by atoms with Crippen molar-refractivity contribution in [3.63, 3.8) is 0 Å². The topological polar surface area (TPSA) is 18.5 Å². The van der Waals surface area contributed by atoms with Gasteiger partial charge in [-0.25, -0.2) is 4.39 Å². The summed E-state index contributed by atoms with van der Waals surface area (Å²) in [5.74, 6) is -0.154. The van der Waals surface area contributed by atoms with Crippen LogP contribution in [0.25, 0.3) is 0 Å². The molecule has 0 aliphatic carbocycles. The highest BCUT2D eigenvalue weighted by Crippen LogP contribution is 2.18. The highest BCUT2D eigenvalue weighted by molar-refractivity contribution is 5.46. The van der Waals surface area contributed by atoms with Crippen molar-refractivity contribution in [3.8, 4) is 0 Å². The normalized spacial score (nSPS) is 18.9. The zero-order valence-corrected chi connectivity index (χ0v) is 11.2. The van der Waals surface area contributed by atoms with Crippen LogP contribution in [0.4, 0.5) is 10.1 Å². The summed E-state index contributed by atoms with van der Waals surface area (Å²) in [6.45, 7) is 7.28. The first-order valence-corrected chi connectivity index (χ1v) is 6.60. The third kappa shape index (κ3) is 3.21. The molecule has 0 radical (unpaired) electrons. The van der Waals surface area contributed by atoms with E-state index in [2.05, 4.69) is 22.0 Å². The van der Waals surface area contributed by atoms with Gasteiger partial charge in [0.15, 0.2) is 0 Å². The SMILES string of the molecule is CNCC(C)N1CCN(c2cccc(F)c2)CC1. The second-order valence-corrected chi connectivity index (χ2v) is 4.91. The lowest BCUT2D eigenvalue weighted by atomic mass is 10.2. The van der Waals surface area contributed by atoms with Gasteiger partial charge in [-0.2, -0.15) is 0 Å². The molecule has 1 atom stereocenters. The molecule has 1 fully saturated rings. The van der Waals surface area contributed by atoms with Gasteiger partial charge < -0.3 is 10.2 Å². The number of likely N-dealkylation sites (N-methyl/N-ethyl adjacent to an activating group) is 1. The lowest BCUT2D eigenvalue weighted by molar-refractivity contribution is 0.195. The summed E-state index contributed by atoms with van der Waals surface area (Å²) in [4.78, 5) is 4.73. The van der Waals surface area contributed by atoms with Crippen LogP contribution in [0, 0.1) is 5.82 Å². The number of rotatable bonds is 4. The van der Waals surface area contributed by atoms with Crippen LogP contribution in [0.3, 0.4) is 0 Å². The largest absolute Gasteiger partial charge is 0.369 e. The fourth-order valence-corrected chi connectivity index (χ4v) is 2.52. The molecule has 0 aromatic heterocycles. The number of halogens is 1. The maximum absolute atomic E-state index is 13.2. The molecule has 4 heteroatoms. The van der Waals surface area contributed by atoms with E-state index in [-0.39, 0.29) is 5.82 Å². The van der Waals surface area contributed by atoms with E-state index in [0.717, 1.165) is 38.4 Å². The van der Waals surface area contributed by atoms with Crippen LogP contribution in [-0.2, 0) is 0 Å². The van der Waals surface area contributed by atoms with Crippen molar-refractivity contribution >= 4 is 5.69 Å². The Morgan fingerprint density at radius 3 is 2.61 bits per heavy atom. The van der Waals surface area contributed by atoms with Crippen LogP contribution >= 0.6 is 0 Å². The summed E-state index contributed by atoms with van der Waals surface area (Å²) >= 11 is 0. The van der Waals surface area contributed by atoms with Crippen molar-refractivity contribution in [3.05, 3.63) is 30.1 Å². The third-order valence-electron chi connectivity index (χ3n) is 3.61. The summed E-state index contributed by atoms with van der Waals surface area (Å²) in [7, 11) is 1.99. The molecule has 1 aliphatic rings. The van der Waals surface area contributed by atoms with Crippen molar-refractivity contribution in [2.75, 3.05) is 44.7 Å². The molecule has 1 heterocycles. The van der Waals surface area contributed by atoms with E-state index < -0.39 is 0 Å². The molecular formula is C14H22FN3. The van der Waals surface area contributed by atoms with Gasteiger partial charge in [0.1, 0.15) is 5.82 Å². The average molecular weight is 251 g/mol. The van der Waals surface area contributed by atoms with E-state index in [4.69, 9.17) is 0 Å². The summed E-state index contributed by atoms with van der Waals surface area (Å²) in [5, 5.41) is 3.21. The van der Waals surface area contributed by atoms with Crippen molar-refractivity contribution in [2.45, 2.75) is 13.0 Å². The van der Waals surface area contributed by atoms with Gasteiger partial charge in [0.25, 0.3) is 0 Å². The number of nitrogens with zero attached hydrogens (tertiary/aromatic N) is 2. The number of hydrogen-bond acceptors (Lipinski definition) is 3. The molecule has 18 heavy (non-hydrogen) atoms. The molecule has 1 N–H and O–H groups in total. The number of nitrogens with one attached hydrogen (secondary N) is 1. The predicted molar refractivity (Wildman–Crippen MR) is 73.6 cm³/mol. The zero-order valence-electron chi connectivity index (χ0n) is 11.2. The number of piperazine rings is 1. The minimum Gasteiger partial charge on any atom is -0.369 e. The maximum Gasteiger partial charge on any atom is 0.125 e. The Morgan fingerprint density at radius 2 is 2.00 bits per heavy atom. The summed E-state index contributed by atoms with van der Waals surface area (Å²) in [6.07, 6.45) is 0. The van der Waals surface area contributed by atoms with E-state index in [1.54, 1.807) is 12.1 Å². The molecule has 0 spiro atoms. The maximum atomic E-state index is 13.2. The van der Waals surface area contributed by atoms with E-state index >= 15 is 0 Å². The van der Waals surface area contributed by atoms with Crippen molar-refractivity contribution in [2.24, 2.45) is 0 Å². The monoisotopic (exact) mass is 251 g/mol. The molecule has 2 rings (SSSR count). The fraction of sp³-hybridized carbons (Fsp3) is 0.571. The Labute approximate surface area is 109 Å². The van der Waals surface area contributed by atoms with Crippen molar-refractivity contribution in [1.29, 1.82) is 0 Å². The molecule has 1 aromatic carbocycles. The van der Waals surface area contributed by atoms with Crippen LogP contribution in [0.1, 0.15) is 6.92 Å². The molecule has 1 saturated heterocycles. The molecule has 3 nitrogen and oxygen atoms in total. The molecule has 0 saturated carbocycles. The Hall–Kier alpha value is -1.13. The van der Waals surface area contributed by atoms with E-state index in [9.17, 15) is 4.39 Å². The summed E-state index contributed by atoms with van der Waals surface area (Å²) < 4.78 is 13.2. The first-order valence-electron chi connectivity index (χ1n) is 6.60. The molecule has 100 valence electrons. The lowest BCUT2D eigenvalue weighted by Crippen LogP contribution is -2.51. The van der Waals surface area contributed by atoms with Gasteiger partial charge in [-0.15, -0.1) is 0 Å². The first kappa shape index (κ1) is 13.3. The summed E-state index contributed by atoms with van der Waals surface area (Å²) in [5.41, 5.74) is 0.996. The zero-order chi connectivity index (χ0) is 13.0. The average Bonchev–Trinajstić information content (AvgIpc) is 2.39. The molecule has 0 bridgehead atoms. The minimum atomic E-state index is -0.154. The van der Waals surface area contributed by atoms with Gasteiger partial charge in [-0.3, -0.25) is 4.90 Å². The Kier molecular flexibility index (Phi) is 4.55. The van der Waals surface area contributed by atoms with Gasteiger partial charge in [0.05, 0.1) is 0 Å². The Balaban J connectivity index is 1.90. The van der Waals surface area contributed by atoms with Crippen LogP contribution in [0.15, 0.2) is 24.3 Å². The predicted octanol–water partition coefficient (Wildman–Crippen LogP) is 1.56. The van der Waals surface area contributed by atoms with Gasteiger partial charge in [0, 0.05) is 44.5 Å². The molecule has 1 unspecified atom stereocenters. The van der Waals surface area contributed by atoms with Crippen LogP contribution in [-0.4, -0.2) is 50.7 Å². The second-order valence-electron chi connectivity index (χ2n) is 4.91.